The maximum Gasteiger partial charge on any atom is 0.573 e. The van der Waals surface area contributed by atoms with Crippen molar-refractivity contribution in [3.8, 4) is 5.75 Å². The van der Waals surface area contributed by atoms with Gasteiger partial charge in [-0.2, -0.15) is 0 Å². The highest BCUT2D eigenvalue weighted by Crippen LogP contribution is 2.33. The van der Waals surface area contributed by atoms with Gasteiger partial charge in [-0.1, -0.05) is 0 Å². The van der Waals surface area contributed by atoms with Crippen molar-refractivity contribution in [1.29, 1.82) is 0 Å². The van der Waals surface area contributed by atoms with Crippen molar-refractivity contribution >= 4 is 20.0 Å². The third-order valence-corrected chi connectivity index (χ3v) is 6.29. The molecule has 0 saturated carbocycles. The van der Waals surface area contributed by atoms with E-state index in [-0.39, 0.29) is 0 Å². The van der Waals surface area contributed by atoms with E-state index in [0.717, 1.165) is 0 Å². The summed E-state index contributed by atoms with van der Waals surface area (Å²) in [6, 6.07) is 1.68. The fourth-order valence-corrected chi connectivity index (χ4v) is 4.62. The molecule has 0 unspecified atom stereocenters. The fourth-order valence-electron chi connectivity index (χ4n) is 1.83. The predicted molar refractivity (Wildman–Crippen MR) is 77.1 cm³/mol. The van der Waals surface area contributed by atoms with Gasteiger partial charge in [0, 0.05) is 4.90 Å². The van der Waals surface area contributed by atoms with Crippen molar-refractivity contribution in [2.75, 3.05) is 0 Å². The third kappa shape index (κ3) is 4.76. The van der Waals surface area contributed by atoms with Crippen LogP contribution in [0.25, 0.3) is 4.13 Å². The van der Waals surface area contributed by atoms with Crippen molar-refractivity contribution in [2.24, 2.45) is 0 Å². The van der Waals surface area contributed by atoms with Crippen LogP contribution >= 0.6 is 0 Å². The number of nitrogens with zero attached hydrogens (tertiary/aromatic N) is 1. The van der Waals surface area contributed by atoms with Gasteiger partial charge in [0.05, 0.1) is 0 Å². The second-order valence-corrected chi connectivity index (χ2v) is 8.32. The Kier molecular flexibility index (Phi) is 5.84. The van der Waals surface area contributed by atoms with E-state index in [4.69, 9.17) is 0 Å². The molecule has 2 rings (SSSR count). The van der Waals surface area contributed by atoms with Gasteiger partial charge in [-0.15, -0.1) is 13.2 Å². The van der Waals surface area contributed by atoms with Crippen LogP contribution in [0.5, 0.6) is 5.75 Å². The predicted octanol–water partition coefficient (Wildman–Crippen LogP) is 3.73. The summed E-state index contributed by atoms with van der Waals surface area (Å²) in [5.41, 5.74) is 0. The van der Waals surface area contributed by atoms with Gasteiger partial charge in [0.25, 0.3) is 0 Å². The summed E-state index contributed by atoms with van der Waals surface area (Å²) in [5.74, 6) is -14.6. The zero-order chi connectivity index (χ0) is 22.4. The average molecular weight is 470 g/mol. The second-order valence-electron chi connectivity index (χ2n) is 4.94. The van der Waals surface area contributed by atoms with Gasteiger partial charge in [0.1, 0.15) is 30.7 Å². The van der Waals surface area contributed by atoms with E-state index >= 15 is 0 Å². The van der Waals surface area contributed by atoms with E-state index in [1.54, 1.807) is 0 Å². The normalized spacial score (nSPS) is 12.8. The van der Waals surface area contributed by atoms with Crippen molar-refractivity contribution in [3.63, 3.8) is 0 Å². The molecule has 0 aliphatic heterocycles. The summed E-state index contributed by atoms with van der Waals surface area (Å²) in [6.45, 7) is 0. The SMILES string of the molecule is O=S(=O)([N-]S(=O)(=O)c1c(F)c(F)c(F)c(F)c1F)c1ccc(OC(F)(F)F)cc1. The second kappa shape index (κ2) is 7.42. The fraction of sp³-hybridized carbons (Fsp3) is 0.0769. The molecule has 29 heavy (non-hydrogen) atoms. The topological polar surface area (TPSA) is 91.6 Å². The first-order valence-electron chi connectivity index (χ1n) is 6.68. The average Bonchev–Trinajstić information content (AvgIpc) is 2.56. The number of benzene rings is 2. The zero-order valence-electron chi connectivity index (χ0n) is 13.1. The highest BCUT2D eigenvalue weighted by Gasteiger charge is 2.32. The molecule has 0 amide bonds. The van der Waals surface area contributed by atoms with Gasteiger partial charge < -0.3 is 8.86 Å². The van der Waals surface area contributed by atoms with Crippen molar-refractivity contribution < 1.29 is 56.7 Å². The quantitative estimate of drug-likeness (QED) is 0.377. The Balaban J connectivity index is 2.45. The Bertz CT molecular complexity index is 1130. The van der Waals surface area contributed by atoms with Crippen LogP contribution in [0.4, 0.5) is 35.1 Å². The molecule has 2 aromatic carbocycles. The zero-order valence-corrected chi connectivity index (χ0v) is 14.8. The Morgan fingerprint density at radius 1 is 0.690 bits per heavy atom. The molecule has 0 N–H and O–H groups in total. The minimum Gasteiger partial charge on any atom is -0.427 e. The number of hydrogen-bond donors (Lipinski definition) is 0. The molecule has 0 saturated heterocycles. The molecular weight excluding hydrogens is 466 g/mol. The molecule has 0 spiro atoms. The maximum absolute atomic E-state index is 13.6. The van der Waals surface area contributed by atoms with Gasteiger partial charge in [-0.25, -0.2) is 38.8 Å². The van der Waals surface area contributed by atoms with Crippen LogP contribution in [0.2, 0.25) is 0 Å². The molecular formula is C13H4F8NO5S2-. The number of alkyl halides is 3. The van der Waals surface area contributed by atoms with Crippen LogP contribution in [0, 0.1) is 29.1 Å². The summed E-state index contributed by atoms with van der Waals surface area (Å²) in [6.07, 6.45) is -5.13. The number of sulfonamides is 2. The lowest BCUT2D eigenvalue weighted by Crippen LogP contribution is -2.17. The van der Waals surface area contributed by atoms with Gasteiger partial charge in [0.15, 0.2) is 23.3 Å². The van der Waals surface area contributed by atoms with Crippen LogP contribution in [0.15, 0.2) is 34.1 Å². The molecule has 160 valence electrons. The Hall–Kier alpha value is -2.46. The van der Waals surface area contributed by atoms with Crippen molar-refractivity contribution in [1.82, 2.24) is 0 Å². The molecule has 0 bridgehead atoms. The van der Waals surface area contributed by atoms with E-state index in [1.807, 2.05) is 0 Å². The lowest BCUT2D eigenvalue weighted by atomic mass is 10.3. The molecule has 0 aliphatic carbocycles. The molecule has 0 aromatic heterocycles. The maximum atomic E-state index is 13.6. The van der Waals surface area contributed by atoms with E-state index in [0.29, 0.717) is 24.3 Å². The van der Waals surface area contributed by atoms with E-state index < -0.39 is 71.0 Å². The summed E-state index contributed by atoms with van der Waals surface area (Å²) in [4.78, 5) is -3.60. The van der Waals surface area contributed by atoms with Gasteiger partial charge >= 0.3 is 6.36 Å². The minimum atomic E-state index is -6.00. The van der Waals surface area contributed by atoms with E-state index in [1.165, 1.54) is 0 Å². The van der Waals surface area contributed by atoms with Crippen LogP contribution in [0.3, 0.4) is 0 Å². The molecule has 0 radical (unpaired) electrons. The first-order chi connectivity index (χ1) is 13.1. The molecule has 0 atom stereocenters. The van der Waals surface area contributed by atoms with Crippen LogP contribution in [-0.2, 0) is 20.0 Å². The van der Waals surface area contributed by atoms with E-state index in [9.17, 15) is 52.0 Å². The van der Waals surface area contributed by atoms with Crippen LogP contribution in [0.1, 0.15) is 0 Å². The molecule has 0 aliphatic rings. The minimum absolute atomic E-state index is 0.397. The first-order valence-corrected chi connectivity index (χ1v) is 9.56. The number of halogens is 8. The molecule has 6 nitrogen and oxygen atoms in total. The molecule has 0 fully saturated rings. The standard InChI is InChI=1S/C13H4F8NO5S2/c14-7-8(15)10(17)12(11(18)9(7)16)29(25,26)22-28(23,24)6-3-1-5(2-4-6)27-13(19,20)21/h1-4H/q-1. The largest absolute Gasteiger partial charge is 0.573 e. The summed E-state index contributed by atoms with van der Waals surface area (Å²) < 4.78 is 156. The van der Waals surface area contributed by atoms with Crippen molar-refractivity contribution in [2.45, 2.75) is 16.2 Å². The highest BCUT2D eigenvalue weighted by atomic mass is 32.3. The lowest BCUT2D eigenvalue weighted by molar-refractivity contribution is -0.274. The number of hydrogen-bond acceptors (Lipinski definition) is 5. The summed E-state index contributed by atoms with van der Waals surface area (Å²) in [7, 11) is -11.4. The highest BCUT2D eigenvalue weighted by molar-refractivity contribution is 8.12. The molecule has 2 aromatic rings. The summed E-state index contributed by atoms with van der Waals surface area (Å²) >= 11 is 0. The lowest BCUT2D eigenvalue weighted by Gasteiger charge is -2.22. The van der Waals surface area contributed by atoms with Gasteiger partial charge in [-0.3, -0.25) is 0 Å². The Morgan fingerprint density at radius 3 is 1.52 bits per heavy atom. The third-order valence-electron chi connectivity index (χ3n) is 2.98. The Morgan fingerprint density at radius 2 is 1.10 bits per heavy atom. The number of ether oxygens (including phenoxy) is 1. The van der Waals surface area contributed by atoms with Gasteiger partial charge in [0.2, 0.25) is 5.82 Å². The smallest absolute Gasteiger partial charge is 0.427 e. The molecule has 0 heterocycles. The Labute approximate surface area is 156 Å². The number of rotatable bonds is 5. The first kappa shape index (κ1) is 22.8. The molecule has 16 heteroatoms. The monoisotopic (exact) mass is 470 g/mol. The van der Waals surface area contributed by atoms with Crippen LogP contribution < -0.4 is 4.74 Å². The van der Waals surface area contributed by atoms with Gasteiger partial charge in [-0.05, 0) is 24.3 Å². The van der Waals surface area contributed by atoms with Crippen LogP contribution in [-0.4, -0.2) is 23.2 Å². The van der Waals surface area contributed by atoms with Crippen molar-refractivity contribution in [3.05, 3.63) is 57.5 Å². The summed E-state index contributed by atoms with van der Waals surface area (Å²) in [5, 5.41) is 0. The van der Waals surface area contributed by atoms with E-state index in [2.05, 4.69) is 8.86 Å².